The Morgan fingerprint density at radius 2 is 2.00 bits per heavy atom. The second-order valence-electron chi connectivity index (χ2n) is 7.99. The van der Waals surface area contributed by atoms with Crippen molar-refractivity contribution in [2.75, 3.05) is 31.8 Å². The standard InChI is InChI=1S/C25H32ClN3O6/c1-5-18-12-17(8-9-34-18)29(25(31)33-7-3)21-19-10-15(16(13-27)14-28-4)11-20(26)22(19)35-23(21)24(30)32-6-2/h10-11,13-14,17-18H,5-9,12,27H2,1-4H3/b16-13+,28-14?. The summed E-state index contributed by atoms with van der Waals surface area (Å²) < 4.78 is 22.5. The molecule has 1 fully saturated rings. The predicted molar refractivity (Wildman–Crippen MR) is 136 cm³/mol. The van der Waals surface area contributed by atoms with Crippen molar-refractivity contribution in [2.24, 2.45) is 10.7 Å². The minimum atomic E-state index is -0.700. The number of halogens is 1. The highest BCUT2D eigenvalue weighted by atomic mass is 35.5. The predicted octanol–water partition coefficient (Wildman–Crippen LogP) is 5.18. The molecule has 1 saturated heterocycles. The Morgan fingerprint density at radius 1 is 1.26 bits per heavy atom. The van der Waals surface area contributed by atoms with Crippen molar-refractivity contribution in [3.05, 3.63) is 34.7 Å². The van der Waals surface area contributed by atoms with E-state index in [0.29, 0.717) is 36.0 Å². The second kappa shape index (κ2) is 12.1. The van der Waals surface area contributed by atoms with Crippen LogP contribution in [0.4, 0.5) is 10.5 Å². The SMILES string of the molecule is CCOC(=O)c1oc2c(Cl)cc(/C(C=NC)=C/N)cc2c1N(C(=O)OCC)C1CCOC(CC)C1. The van der Waals surface area contributed by atoms with Crippen LogP contribution >= 0.6 is 11.6 Å². The lowest BCUT2D eigenvalue weighted by Crippen LogP contribution is -2.46. The van der Waals surface area contributed by atoms with Gasteiger partial charge in [-0.2, -0.15) is 0 Å². The highest BCUT2D eigenvalue weighted by Gasteiger charge is 2.38. The van der Waals surface area contributed by atoms with E-state index < -0.39 is 12.1 Å². The van der Waals surface area contributed by atoms with Gasteiger partial charge in [-0.3, -0.25) is 9.89 Å². The van der Waals surface area contributed by atoms with E-state index in [2.05, 4.69) is 4.99 Å². The van der Waals surface area contributed by atoms with Crippen molar-refractivity contribution in [3.8, 4) is 0 Å². The number of rotatable bonds is 8. The zero-order valence-electron chi connectivity index (χ0n) is 20.5. The lowest BCUT2D eigenvalue weighted by molar-refractivity contribution is 0.00465. The van der Waals surface area contributed by atoms with Gasteiger partial charge in [-0.25, -0.2) is 9.59 Å². The van der Waals surface area contributed by atoms with Gasteiger partial charge in [0.15, 0.2) is 5.58 Å². The Bertz CT molecular complexity index is 1130. The molecule has 10 heteroatoms. The molecule has 9 nitrogen and oxygen atoms in total. The third kappa shape index (κ3) is 5.62. The van der Waals surface area contributed by atoms with Crippen molar-refractivity contribution in [1.29, 1.82) is 0 Å². The number of ether oxygens (including phenoxy) is 3. The maximum Gasteiger partial charge on any atom is 0.414 e. The van der Waals surface area contributed by atoms with Gasteiger partial charge in [0.05, 0.1) is 24.3 Å². The first-order valence-corrected chi connectivity index (χ1v) is 12.1. The molecular weight excluding hydrogens is 474 g/mol. The van der Waals surface area contributed by atoms with Gasteiger partial charge in [0.1, 0.15) is 5.69 Å². The maximum atomic E-state index is 13.4. The number of carbonyl (C=O) groups excluding carboxylic acids is 2. The third-order valence-electron chi connectivity index (χ3n) is 5.83. The summed E-state index contributed by atoms with van der Waals surface area (Å²) >= 11 is 6.59. The summed E-state index contributed by atoms with van der Waals surface area (Å²) in [7, 11) is 1.63. The Balaban J connectivity index is 2.31. The number of nitrogens with two attached hydrogens (primary N) is 1. The van der Waals surface area contributed by atoms with E-state index >= 15 is 0 Å². The van der Waals surface area contributed by atoms with Crippen LogP contribution in [0.5, 0.6) is 0 Å². The molecule has 3 rings (SSSR count). The summed E-state index contributed by atoms with van der Waals surface area (Å²) in [6.45, 7) is 6.23. The Kier molecular flexibility index (Phi) is 9.17. The highest BCUT2D eigenvalue weighted by molar-refractivity contribution is 6.36. The van der Waals surface area contributed by atoms with Gasteiger partial charge in [0, 0.05) is 43.1 Å². The molecule has 1 aromatic heterocycles. The number of aliphatic imine (C=N–C) groups is 1. The molecular formula is C25H32ClN3O6. The third-order valence-corrected chi connectivity index (χ3v) is 6.11. The molecule has 2 atom stereocenters. The van der Waals surface area contributed by atoms with E-state index in [1.807, 2.05) is 6.92 Å². The van der Waals surface area contributed by atoms with Crippen LogP contribution in [0.25, 0.3) is 16.5 Å². The summed E-state index contributed by atoms with van der Waals surface area (Å²) in [6, 6.07) is 3.15. The molecule has 190 valence electrons. The minimum Gasteiger partial charge on any atom is -0.460 e. The maximum absolute atomic E-state index is 13.4. The quantitative estimate of drug-likeness (QED) is 0.388. The van der Waals surface area contributed by atoms with Crippen LogP contribution in [-0.4, -0.2) is 57.3 Å². The average Bonchev–Trinajstić information content (AvgIpc) is 3.23. The number of anilines is 1. The largest absolute Gasteiger partial charge is 0.460 e. The first-order valence-electron chi connectivity index (χ1n) is 11.7. The number of furan rings is 1. The number of nitrogens with zero attached hydrogens (tertiary/aromatic N) is 2. The fourth-order valence-corrected chi connectivity index (χ4v) is 4.49. The summed E-state index contributed by atoms with van der Waals surface area (Å²) in [5, 5.41) is 0.715. The molecule has 35 heavy (non-hydrogen) atoms. The zero-order valence-corrected chi connectivity index (χ0v) is 21.3. The molecule has 1 aromatic carbocycles. The number of hydrogen-bond donors (Lipinski definition) is 1. The molecule has 0 aliphatic carbocycles. The number of allylic oxidation sites excluding steroid dienone is 1. The van der Waals surface area contributed by atoms with Crippen LogP contribution in [0, 0.1) is 0 Å². The van der Waals surface area contributed by atoms with Crippen molar-refractivity contribution >= 4 is 52.1 Å². The Labute approximate surface area is 209 Å². The molecule has 1 aliphatic rings. The average molecular weight is 506 g/mol. The molecule has 0 bridgehead atoms. The van der Waals surface area contributed by atoms with E-state index in [0.717, 1.165) is 6.42 Å². The summed E-state index contributed by atoms with van der Waals surface area (Å²) in [4.78, 5) is 31.9. The van der Waals surface area contributed by atoms with Gasteiger partial charge in [0.2, 0.25) is 5.76 Å². The molecule has 0 saturated carbocycles. The van der Waals surface area contributed by atoms with Crippen LogP contribution in [-0.2, 0) is 14.2 Å². The van der Waals surface area contributed by atoms with E-state index in [-0.39, 0.29) is 47.4 Å². The smallest absolute Gasteiger partial charge is 0.414 e. The molecule has 2 N–H and O–H groups in total. The van der Waals surface area contributed by atoms with E-state index in [1.54, 1.807) is 39.2 Å². The molecule has 1 aliphatic heterocycles. The fourth-order valence-electron chi connectivity index (χ4n) is 4.23. The van der Waals surface area contributed by atoms with Gasteiger partial charge >= 0.3 is 12.1 Å². The van der Waals surface area contributed by atoms with Crippen LogP contribution in [0.2, 0.25) is 5.02 Å². The van der Waals surface area contributed by atoms with E-state index in [4.69, 9.17) is 36.0 Å². The highest BCUT2D eigenvalue weighted by Crippen LogP contribution is 2.42. The zero-order chi connectivity index (χ0) is 25.5. The van der Waals surface area contributed by atoms with Crippen molar-refractivity contribution in [1.82, 2.24) is 0 Å². The summed E-state index contributed by atoms with van der Waals surface area (Å²) in [5.74, 6) is -0.814. The first-order chi connectivity index (χ1) is 16.9. The number of hydrogen-bond acceptors (Lipinski definition) is 8. The first kappa shape index (κ1) is 26.6. The van der Waals surface area contributed by atoms with Gasteiger partial charge in [0.25, 0.3) is 0 Å². The number of benzene rings is 1. The van der Waals surface area contributed by atoms with Crippen LogP contribution < -0.4 is 10.6 Å². The van der Waals surface area contributed by atoms with Crippen LogP contribution in [0.15, 0.2) is 27.7 Å². The lowest BCUT2D eigenvalue weighted by atomic mass is 9.98. The summed E-state index contributed by atoms with van der Waals surface area (Å²) in [5.41, 5.74) is 7.59. The monoisotopic (exact) mass is 505 g/mol. The summed E-state index contributed by atoms with van der Waals surface area (Å²) in [6.07, 6.45) is 4.32. The van der Waals surface area contributed by atoms with Crippen molar-refractivity contribution in [3.63, 3.8) is 0 Å². The van der Waals surface area contributed by atoms with E-state index in [9.17, 15) is 9.59 Å². The second-order valence-corrected chi connectivity index (χ2v) is 8.40. The normalized spacial score (nSPS) is 18.7. The van der Waals surface area contributed by atoms with Crippen LogP contribution in [0.1, 0.15) is 56.2 Å². The van der Waals surface area contributed by atoms with Gasteiger partial charge in [-0.05, 0) is 50.8 Å². The topological polar surface area (TPSA) is 117 Å². The van der Waals surface area contributed by atoms with E-state index in [1.165, 1.54) is 11.1 Å². The van der Waals surface area contributed by atoms with Gasteiger partial charge in [-0.15, -0.1) is 0 Å². The minimum absolute atomic E-state index is 0.0263. The fraction of sp³-hybridized carbons (Fsp3) is 0.480. The molecule has 2 unspecified atom stereocenters. The number of esters is 1. The van der Waals surface area contributed by atoms with Crippen LogP contribution in [0.3, 0.4) is 0 Å². The Morgan fingerprint density at radius 3 is 2.63 bits per heavy atom. The van der Waals surface area contributed by atoms with Crippen molar-refractivity contribution < 1.29 is 28.2 Å². The van der Waals surface area contributed by atoms with Crippen molar-refractivity contribution in [2.45, 2.75) is 52.2 Å². The molecule has 0 spiro atoms. The lowest BCUT2D eigenvalue weighted by Gasteiger charge is -2.36. The Hall–Kier alpha value is -3.04. The molecule has 0 radical (unpaired) electrons. The van der Waals surface area contributed by atoms with Gasteiger partial charge in [-0.1, -0.05) is 18.5 Å². The molecule has 2 heterocycles. The molecule has 2 aromatic rings. The number of fused-ring (bicyclic) bond motifs is 1. The number of amides is 1. The molecule has 1 amide bonds. The van der Waals surface area contributed by atoms with Gasteiger partial charge < -0.3 is 24.4 Å². The number of carbonyl (C=O) groups is 2.